The van der Waals surface area contributed by atoms with Crippen LogP contribution in [0, 0.1) is 17.3 Å². The third-order valence-corrected chi connectivity index (χ3v) is 11.0. The van der Waals surface area contributed by atoms with Crippen LogP contribution in [-0.4, -0.2) is 52.5 Å². The minimum atomic E-state index is -1.37. The van der Waals surface area contributed by atoms with Crippen molar-refractivity contribution >= 4 is 11.8 Å². The third kappa shape index (κ3) is 3.10. The molecule has 0 bridgehead atoms. The first-order valence-electron chi connectivity index (χ1n) is 14.9. The molecular weight excluding hydrogens is 539 g/mol. The van der Waals surface area contributed by atoms with Gasteiger partial charge in [-0.15, -0.1) is 0 Å². The third-order valence-electron chi connectivity index (χ3n) is 11.0. The molecule has 8 rings (SSSR count). The van der Waals surface area contributed by atoms with Gasteiger partial charge < -0.3 is 23.7 Å². The molecule has 2 aliphatic heterocycles. The van der Waals surface area contributed by atoms with Gasteiger partial charge in [0, 0.05) is 28.0 Å². The van der Waals surface area contributed by atoms with Gasteiger partial charge in [0.15, 0.2) is 11.4 Å². The van der Waals surface area contributed by atoms with Crippen molar-refractivity contribution in [1.29, 1.82) is 0 Å². The summed E-state index contributed by atoms with van der Waals surface area (Å²) in [4.78, 5) is 27.0. The average Bonchev–Trinajstić information content (AvgIpc) is 3.89. The second-order valence-electron chi connectivity index (χ2n) is 13.2. The van der Waals surface area contributed by atoms with Gasteiger partial charge in [-0.3, -0.25) is 4.79 Å². The molecule has 0 radical (unpaired) electrons. The van der Waals surface area contributed by atoms with Crippen LogP contribution in [-0.2, 0) is 15.9 Å². The number of hydrogen-bond acceptors (Lipinski definition) is 7. The van der Waals surface area contributed by atoms with Crippen LogP contribution in [0.4, 0.5) is 4.39 Å². The summed E-state index contributed by atoms with van der Waals surface area (Å²) in [6, 6.07) is 17.5. The van der Waals surface area contributed by atoms with Crippen molar-refractivity contribution in [2.45, 2.75) is 81.6 Å². The lowest BCUT2D eigenvalue weighted by molar-refractivity contribution is -0.0920. The molecule has 9 atom stereocenters. The zero-order chi connectivity index (χ0) is 29.2. The van der Waals surface area contributed by atoms with Crippen molar-refractivity contribution in [3.05, 3.63) is 88.7 Å². The maximum Gasteiger partial charge on any atom is 0.345 e. The molecule has 2 saturated carbocycles. The maximum absolute atomic E-state index is 16.4. The number of aliphatic hydroxyl groups excluding tert-OH is 1. The van der Waals surface area contributed by atoms with Crippen LogP contribution in [0.15, 0.2) is 65.1 Å². The summed E-state index contributed by atoms with van der Waals surface area (Å²) < 4.78 is 41.2. The highest BCUT2D eigenvalue weighted by molar-refractivity contribution is 6.08. The number of aliphatic hydroxyl groups is 1. The molecule has 8 heteroatoms. The normalized spacial score (nSPS) is 38.8. The fraction of sp³-hybridized carbons (Fsp3) is 0.471. The van der Waals surface area contributed by atoms with E-state index in [0.717, 1.165) is 0 Å². The number of esters is 1. The van der Waals surface area contributed by atoms with E-state index >= 15 is 4.39 Å². The summed E-state index contributed by atoms with van der Waals surface area (Å²) in [5.74, 6) is -1.70. The largest absolute Gasteiger partial charge is 0.421 e. The number of carbonyl (C=O) groups excluding carboxylic acids is 2. The number of epoxide rings is 2. The van der Waals surface area contributed by atoms with E-state index in [2.05, 4.69) is 6.92 Å². The molecule has 218 valence electrons. The number of hydrogen-bond donors (Lipinski definition) is 1. The van der Waals surface area contributed by atoms with Crippen molar-refractivity contribution in [3.63, 3.8) is 0 Å². The van der Waals surface area contributed by atoms with Gasteiger partial charge in [-0.1, -0.05) is 69.3 Å². The van der Waals surface area contributed by atoms with Crippen LogP contribution < -0.4 is 4.74 Å². The molecule has 2 aromatic carbocycles. The van der Waals surface area contributed by atoms with Gasteiger partial charge >= 0.3 is 5.97 Å². The zero-order valence-corrected chi connectivity index (χ0v) is 23.7. The quantitative estimate of drug-likeness (QED) is 0.247. The van der Waals surface area contributed by atoms with Gasteiger partial charge in [0.1, 0.15) is 17.9 Å². The fourth-order valence-corrected chi connectivity index (χ4v) is 8.95. The predicted octanol–water partition coefficient (Wildman–Crippen LogP) is 5.43. The van der Waals surface area contributed by atoms with Crippen LogP contribution >= 0.6 is 0 Å². The predicted molar refractivity (Wildman–Crippen MR) is 148 cm³/mol. The number of halogens is 1. The Morgan fingerprint density at radius 3 is 2.36 bits per heavy atom. The van der Waals surface area contributed by atoms with Gasteiger partial charge in [-0.25, -0.2) is 9.18 Å². The minimum absolute atomic E-state index is 0.0198. The Hall–Kier alpha value is -3.33. The van der Waals surface area contributed by atoms with Gasteiger partial charge in [0.05, 0.1) is 17.8 Å². The van der Waals surface area contributed by atoms with Crippen LogP contribution in [0.3, 0.4) is 0 Å². The molecule has 1 N–H and O–H groups in total. The van der Waals surface area contributed by atoms with Crippen LogP contribution in [0.5, 0.6) is 5.95 Å². The van der Waals surface area contributed by atoms with E-state index in [1.54, 1.807) is 48.5 Å². The smallest absolute Gasteiger partial charge is 0.345 e. The Morgan fingerprint density at radius 2 is 1.69 bits per heavy atom. The molecule has 2 spiro atoms. The van der Waals surface area contributed by atoms with Crippen LogP contribution in [0.25, 0.3) is 0 Å². The first kappa shape index (κ1) is 26.3. The van der Waals surface area contributed by atoms with Gasteiger partial charge in [0.2, 0.25) is 5.78 Å². The lowest BCUT2D eigenvalue weighted by Gasteiger charge is -2.54. The summed E-state index contributed by atoms with van der Waals surface area (Å²) in [7, 11) is 0. The van der Waals surface area contributed by atoms with Crippen LogP contribution in [0.2, 0.25) is 0 Å². The fourth-order valence-electron chi connectivity index (χ4n) is 8.95. The van der Waals surface area contributed by atoms with Crippen molar-refractivity contribution in [2.75, 3.05) is 0 Å². The maximum atomic E-state index is 16.4. The van der Waals surface area contributed by atoms with Crippen molar-refractivity contribution in [2.24, 2.45) is 17.3 Å². The second kappa shape index (κ2) is 8.62. The lowest BCUT2D eigenvalue weighted by Crippen LogP contribution is -2.68. The first-order chi connectivity index (χ1) is 20.2. The highest BCUT2D eigenvalue weighted by atomic mass is 19.1. The Labute approximate surface area is 243 Å². The SMILES string of the molecule is CC(C)C1[C@@H](O)[C@@H]2O[C@]23[C@]2(O[C@H]2CC2c4c(C(=O)c5ccccc5)oc(OC(=O)c5ccccc5)c4CC[C@@]23C)[C@H]1F. The molecule has 0 amide bonds. The Bertz CT molecular complexity index is 1600. The molecular formula is C34H33FO7. The topological polar surface area (TPSA) is 102 Å². The van der Waals surface area contributed by atoms with E-state index in [9.17, 15) is 14.7 Å². The number of ketones is 1. The number of furan rings is 1. The molecule has 5 aliphatic rings. The molecule has 42 heavy (non-hydrogen) atoms. The standard InChI is InChI=1S/C34H33FO7/c1-17(2)23-26(37)29-34(42-29)32(3)15-14-20-24(21(32)16-22-33(34,41-22)28(23)35)27(25(36)18-10-6-4-7-11-18)39-31(20)40-30(38)19-12-8-5-9-13-19/h4-13,17,21-23,26,28-29,37H,14-16H2,1-3H3/t21?,22-,23?,26+,28-,29-,32-,33+,34+/m0/s1. The number of ether oxygens (including phenoxy) is 3. The Balaban J connectivity index is 1.25. The van der Waals surface area contributed by atoms with Crippen molar-refractivity contribution in [3.8, 4) is 5.95 Å². The van der Waals surface area contributed by atoms with Crippen molar-refractivity contribution in [1.82, 2.24) is 0 Å². The molecule has 2 unspecified atom stereocenters. The van der Waals surface area contributed by atoms with Gasteiger partial charge in [0.25, 0.3) is 5.95 Å². The molecule has 3 heterocycles. The summed E-state index contributed by atoms with van der Waals surface area (Å²) in [6.45, 7) is 5.93. The zero-order valence-electron chi connectivity index (χ0n) is 23.7. The molecule has 3 aromatic rings. The Morgan fingerprint density at radius 1 is 1.02 bits per heavy atom. The molecule has 1 aromatic heterocycles. The van der Waals surface area contributed by atoms with Gasteiger partial charge in [-0.05, 0) is 43.2 Å². The molecule has 4 fully saturated rings. The summed E-state index contributed by atoms with van der Waals surface area (Å²) in [5.41, 5.74) is -0.600. The summed E-state index contributed by atoms with van der Waals surface area (Å²) >= 11 is 0. The lowest BCUT2D eigenvalue weighted by atomic mass is 9.46. The van der Waals surface area contributed by atoms with Crippen molar-refractivity contribution < 1.29 is 37.7 Å². The van der Waals surface area contributed by atoms with E-state index in [0.29, 0.717) is 41.5 Å². The molecule has 3 aliphatic carbocycles. The van der Waals surface area contributed by atoms with Gasteiger partial charge in [-0.2, -0.15) is 0 Å². The highest BCUT2D eigenvalue weighted by Gasteiger charge is 2.95. The number of alkyl halides is 1. The monoisotopic (exact) mass is 572 g/mol. The average molecular weight is 573 g/mol. The molecule has 2 saturated heterocycles. The molecule has 7 nitrogen and oxygen atoms in total. The first-order valence-corrected chi connectivity index (χ1v) is 14.9. The van der Waals surface area contributed by atoms with E-state index in [1.807, 2.05) is 26.0 Å². The number of benzene rings is 2. The van der Waals surface area contributed by atoms with E-state index in [4.69, 9.17) is 18.6 Å². The summed E-state index contributed by atoms with van der Waals surface area (Å²) in [5, 5.41) is 11.3. The Kier molecular flexibility index (Phi) is 5.40. The highest BCUT2D eigenvalue weighted by Crippen LogP contribution is 2.80. The minimum Gasteiger partial charge on any atom is -0.421 e. The van der Waals surface area contributed by atoms with Crippen LogP contribution in [0.1, 0.15) is 77.1 Å². The van der Waals surface area contributed by atoms with E-state index < -0.39 is 53.0 Å². The summed E-state index contributed by atoms with van der Waals surface area (Å²) in [6.07, 6.45) is -1.81. The number of rotatable bonds is 5. The van der Waals surface area contributed by atoms with E-state index in [-0.39, 0.29) is 29.3 Å². The second-order valence-corrected chi connectivity index (χ2v) is 13.2. The number of fused-ring (bicyclic) bond motifs is 3. The number of carbonyl (C=O) groups is 2. The van der Waals surface area contributed by atoms with E-state index in [1.165, 1.54) is 0 Å².